The van der Waals surface area contributed by atoms with Crippen LogP contribution in [0, 0.1) is 0 Å². The summed E-state index contributed by atoms with van der Waals surface area (Å²) in [5.41, 5.74) is 0.420. The maximum absolute atomic E-state index is 11.9. The molecule has 5 nitrogen and oxygen atoms in total. The van der Waals surface area contributed by atoms with Gasteiger partial charge in [0.15, 0.2) is 0 Å². The summed E-state index contributed by atoms with van der Waals surface area (Å²) in [6, 6.07) is 6.57. The molecule has 0 aliphatic rings. The van der Waals surface area contributed by atoms with Crippen LogP contribution in [0.1, 0.15) is 32.0 Å². The van der Waals surface area contributed by atoms with Crippen molar-refractivity contribution >= 4 is 28.9 Å². The highest BCUT2D eigenvalue weighted by Gasteiger charge is 2.10. The summed E-state index contributed by atoms with van der Waals surface area (Å²) in [5.74, 6) is -1.31. The van der Waals surface area contributed by atoms with E-state index in [9.17, 15) is 9.59 Å². The van der Waals surface area contributed by atoms with Crippen molar-refractivity contribution in [2.75, 3.05) is 5.32 Å². The Morgan fingerprint density at radius 1 is 1.32 bits per heavy atom. The topological polar surface area (TPSA) is 79.3 Å². The molecule has 1 amide bonds. The lowest BCUT2D eigenvalue weighted by Crippen LogP contribution is -2.11. The van der Waals surface area contributed by atoms with Gasteiger partial charge < -0.3 is 10.4 Å². The van der Waals surface area contributed by atoms with Crippen molar-refractivity contribution in [3.05, 3.63) is 45.9 Å². The van der Waals surface area contributed by atoms with Crippen molar-refractivity contribution in [2.24, 2.45) is 0 Å². The standard InChI is InChI=1S/C13H12N2O3S/c1-2-9-4-6-11(19-9)12(16)15-8-3-5-10(13(17)18)14-7-8/h3-7H,2H2,1H3,(H,15,16)(H,17,18). The van der Waals surface area contributed by atoms with Gasteiger partial charge in [0.1, 0.15) is 5.69 Å². The van der Waals surface area contributed by atoms with E-state index in [2.05, 4.69) is 10.3 Å². The zero-order valence-corrected chi connectivity index (χ0v) is 11.0. The zero-order valence-electron chi connectivity index (χ0n) is 10.2. The number of nitrogens with zero attached hydrogens (tertiary/aromatic N) is 1. The molecule has 2 aromatic rings. The number of pyridine rings is 1. The Morgan fingerprint density at radius 2 is 2.11 bits per heavy atom. The maximum atomic E-state index is 11.9. The molecular weight excluding hydrogens is 264 g/mol. The van der Waals surface area contributed by atoms with Crippen molar-refractivity contribution in [1.29, 1.82) is 0 Å². The summed E-state index contributed by atoms with van der Waals surface area (Å²) >= 11 is 1.44. The van der Waals surface area contributed by atoms with E-state index in [1.807, 2.05) is 13.0 Å². The molecule has 2 heterocycles. The molecule has 98 valence electrons. The van der Waals surface area contributed by atoms with E-state index in [0.717, 1.165) is 11.3 Å². The number of rotatable bonds is 4. The molecule has 0 bridgehead atoms. The van der Waals surface area contributed by atoms with Crippen molar-refractivity contribution in [2.45, 2.75) is 13.3 Å². The van der Waals surface area contributed by atoms with Crippen LogP contribution in [0.2, 0.25) is 0 Å². The molecule has 6 heteroatoms. The first-order valence-corrected chi connectivity index (χ1v) is 6.51. The molecule has 19 heavy (non-hydrogen) atoms. The zero-order chi connectivity index (χ0) is 13.8. The number of aromatic carboxylic acids is 1. The second-order valence-electron chi connectivity index (χ2n) is 3.81. The fourth-order valence-electron chi connectivity index (χ4n) is 1.48. The first-order valence-electron chi connectivity index (χ1n) is 5.69. The van der Waals surface area contributed by atoms with Gasteiger partial charge in [-0.2, -0.15) is 0 Å². The van der Waals surface area contributed by atoms with E-state index in [1.165, 1.54) is 29.7 Å². The summed E-state index contributed by atoms with van der Waals surface area (Å²) in [6.45, 7) is 2.03. The van der Waals surface area contributed by atoms with Crippen LogP contribution in [0.25, 0.3) is 0 Å². The molecule has 0 atom stereocenters. The third kappa shape index (κ3) is 3.17. The molecule has 2 aromatic heterocycles. The molecule has 2 N–H and O–H groups in total. The van der Waals surface area contributed by atoms with E-state index < -0.39 is 5.97 Å². The molecule has 0 aliphatic heterocycles. The molecule has 0 aliphatic carbocycles. The summed E-state index contributed by atoms with van der Waals surface area (Å²) in [7, 11) is 0. The highest BCUT2D eigenvalue weighted by molar-refractivity contribution is 7.14. The van der Waals surface area contributed by atoms with Gasteiger partial charge in [0.25, 0.3) is 5.91 Å². The third-order valence-electron chi connectivity index (χ3n) is 2.47. The van der Waals surface area contributed by atoms with Gasteiger partial charge in [-0.3, -0.25) is 4.79 Å². The summed E-state index contributed by atoms with van der Waals surface area (Å²) in [4.78, 5) is 28.1. The molecular formula is C13H12N2O3S. The number of thiophene rings is 1. The van der Waals surface area contributed by atoms with Crippen LogP contribution < -0.4 is 5.32 Å². The highest BCUT2D eigenvalue weighted by Crippen LogP contribution is 2.18. The molecule has 0 spiro atoms. The van der Waals surface area contributed by atoms with Gasteiger partial charge >= 0.3 is 5.97 Å². The normalized spacial score (nSPS) is 10.2. The van der Waals surface area contributed by atoms with E-state index >= 15 is 0 Å². The maximum Gasteiger partial charge on any atom is 0.354 e. The number of carbonyl (C=O) groups is 2. The second kappa shape index (κ2) is 5.62. The number of carbonyl (C=O) groups excluding carboxylic acids is 1. The number of hydrogen-bond acceptors (Lipinski definition) is 4. The van der Waals surface area contributed by atoms with E-state index in [4.69, 9.17) is 5.11 Å². The third-order valence-corrected chi connectivity index (χ3v) is 3.70. The number of anilines is 1. The van der Waals surface area contributed by atoms with Crippen LogP contribution in [0.4, 0.5) is 5.69 Å². The highest BCUT2D eigenvalue weighted by atomic mass is 32.1. The largest absolute Gasteiger partial charge is 0.477 e. The van der Waals surface area contributed by atoms with Crippen LogP contribution in [0.5, 0.6) is 0 Å². The van der Waals surface area contributed by atoms with Gasteiger partial charge in [-0.15, -0.1) is 11.3 Å². The van der Waals surface area contributed by atoms with Crippen molar-refractivity contribution < 1.29 is 14.7 Å². The van der Waals surface area contributed by atoms with Gasteiger partial charge in [0, 0.05) is 4.88 Å². The minimum absolute atomic E-state index is 0.0533. The van der Waals surface area contributed by atoms with Crippen LogP contribution >= 0.6 is 11.3 Å². The number of hydrogen-bond donors (Lipinski definition) is 2. The predicted octanol–water partition coefficient (Wildman–Crippen LogP) is 2.66. The Balaban J connectivity index is 2.08. The lowest BCUT2D eigenvalue weighted by atomic mass is 10.3. The van der Waals surface area contributed by atoms with Crippen molar-refractivity contribution in [3.8, 4) is 0 Å². The Morgan fingerprint density at radius 3 is 2.63 bits per heavy atom. The van der Waals surface area contributed by atoms with Crippen LogP contribution in [0.15, 0.2) is 30.5 Å². The monoisotopic (exact) mass is 276 g/mol. The lowest BCUT2D eigenvalue weighted by molar-refractivity contribution is 0.0690. The lowest BCUT2D eigenvalue weighted by Gasteiger charge is -2.03. The van der Waals surface area contributed by atoms with Crippen LogP contribution in [-0.4, -0.2) is 22.0 Å². The Bertz CT molecular complexity index is 605. The fraction of sp³-hybridized carbons (Fsp3) is 0.154. The second-order valence-corrected chi connectivity index (χ2v) is 4.98. The summed E-state index contributed by atoms with van der Waals surface area (Å²) < 4.78 is 0. The average Bonchev–Trinajstić information content (AvgIpc) is 2.88. The van der Waals surface area contributed by atoms with E-state index in [0.29, 0.717) is 10.6 Å². The average molecular weight is 276 g/mol. The van der Waals surface area contributed by atoms with Crippen molar-refractivity contribution in [3.63, 3.8) is 0 Å². The predicted molar refractivity (Wildman–Crippen MR) is 72.8 cm³/mol. The molecule has 0 saturated carbocycles. The van der Waals surface area contributed by atoms with Gasteiger partial charge in [0.2, 0.25) is 0 Å². The Kier molecular flexibility index (Phi) is 3.91. The minimum atomic E-state index is -1.09. The quantitative estimate of drug-likeness (QED) is 0.899. The Labute approximate surface area is 113 Å². The molecule has 0 saturated heterocycles. The first kappa shape index (κ1) is 13.2. The molecule has 0 fully saturated rings. The number of carboxylic acids is 1. The summed E-state index contributed by atoms with van der Waals surface area (Å²) in [6.07, 6.45) is 2.22. The molecule has 0 unspecified atom stereocenters. The van der Waals surface area contributed by atoms with E-state index in [-0.39, 0.29) is 11.6 Å². The number of aromatic nitrogens is 1. The SMILES string of the molecule is CCc1ccc(C(=O)Nc2ccc(C(=O)O)nc2)s1. The van der Waals surface area contributed by atoms with Gasteiger partial charge in [-0.1, -0.05) is 6.92 Å². The Hall–Kier alpha value is -2.21. The smallest absolute Gasteiger partial charge is 0.354 e. The number of amides is 1. The number of carboxylic acid groups (broad SMARTS) is 1. The first-order chi connectivity index (χ1) is 9.10. The van der Waals surface area contributed by atoms with Gasteiger partial charge in [0.05, 0.1) is 16.8 Å². The van der Waals surface area contributed by atoms with E-state index in [1.54, 1.807) is 6.07 Å². The summed E-state index contributed by atoms with van der Waals surface area (Å²) in [5, 5.41) is 11.4. The molecule has 0 aromatic carbocycles. The number of aryl methyl sites for hydroxylation is 1. The van der Waals surface area contributed by atoms with Crippen LogP contribution in [-0.2, 0) is 6.42 Å². The van der Waals surface area contributed by atoms with Crippen LogP contribution in [0.3, 0.4) is 0 Å². The fourth-order valence-corrected chi connectivity index (χ4v) is 2.32. The van der Waals surface area contributed by atoms with Crippen molar-refractivity contribution in [1.82, 2.24) is 4.98 Å². The molecule has 0 radical (unpaired) electrons. The number of nitrogens with one attached hydrogen (secondary N) is 1. The van der Waals surface area contributed by atoms with Gasteiger partial charge in [-0.05, 0) is 30.7 Å². The molecule has 2 rings (SSSR count). The van der Waals surface area contributed by atoms with Gasteiger partial charge in [-0.25, -0.2) is 9.78 Å². The minimum Gasteiger partial charge on any atom is -0.477 e.